The molecule has 1 N–H and O–H groups in total. The van der Waals surface area contributed by atoms with E-state index in [9.17, 15) is 14.7 Å². The molecular formula is C29H42O4. The van der Waals surface area contributed by atoms with Crippen LogP contribution in [0.15, 0.2) is 23.3 Å². The number of fused-ring (bicyclic) bond motifs is 5. The van der Waals surface area contributed by atoms with Gasteiger partial charge < -0.3 is 9.84 Å². The minimum atomic E-state index is -0.290. The summed E-state index contributed by atoms with van der Waals surface area (Å²) >= 11 is 0. The molecule has 5 rings (SSSR count). The van der Waals surface area contributed by atoms with Crippen molar-refractivity contribution in [1.29, 1.82) is 0 Å². The first-order valence-electron chi connectivity index (χ1n) is 13.4. The van der Waals surface area contributed by atoms with Crippen molar-refractivity contribution in [1.82, 2.24) is 0 Å². The highest BCUT2D eigenvalue weighted by molar-refractivity contribution is 5.94. The Kier molecular flexibility index (Phi) is 5.70. The lowest BCUT2D eigenvalue weighted by Crippen LogP contribution is -2.54. The molecule has 1 aliphatic heterocycles. The fourth-order valence-electron chi connectivity index (χ4n) is 8.91. The van der Waals surface area contributed by atoms with E-state index in [2.05, 4.69) is 34.6 Å². The lowest BCUT2D eigenvalue weighted by atomic mass is 9.46. The lowest BCUT2D eigenvalue weighted by molar-refractivity contribution is -0.150. The zero-order valence-corrected chi connectivity index (χ0v) is 21.1. The number of rotatable bonds is 3. The van der Waals surface area contributed by atoms with Crippen molar-refractivity contribution >= 4 is 11.8 Å². The van der Waals surface area contributed by atoms with Gasteiger partial charge in [0.2, 0.25) is 0 Å². The number of carbonyl (C=O) groups excluding carboxylic acids is 2. The maximum atomic E-state index is 13.5. The molecule has 0 bridgehead atoms. The van der Waals surface area contributed by atoms with E-state index in [0.717, 1.165) is 44.9 Å². The molecule has 33 heavy (non-hydrogen) atoms. The van der Waals surface area contributed by atoms with Crippen molar-refractivity contribution in [3.63, 3.8) is 0 Å². The zero-order valence-electron chi connectivity index (χ0n) is 21.1. The van der Waals surface area contributed by atoms with Crippen LogP contribution >= 0.6 is 0 Å². The van der Waals surface area contributed by atoms with E-state index in [4.69, 9.17) is 4.74 Å². The highest BCUT2D eigenvalue weighted by Gasteiger charge is 2.62. The number of ketones is 1. The third kappa shape index (κ3) is 3.58. The number of aliphatic hydroxyl groups is 1. The number of allylic oxidation sites excluding steroid dienone is 1. The van der Waals surface area contributed by atoms with Gasteiger partial charge in [-0.3, -0.25) is 4.79 Å². The maximum Gasteiger partial charge on any atom is 0.331 e. The van der Waals surface area contributed by atoms with Gasteiger partial charge in [0.15, 0.2) is 5.78 Å². The van der Waals surface area contributed by atoms with Gasteiger partial charge in [-0.05, 0) is 91.4 Å². The van der Waals surface area contributed by atoms with E-state index in [1.54, 1.807) is 6.08 Å². The quantitative estimate of drug-likeness (QED) is 0.561. The third-order valence-electron chi connectivity index (χ3n) is 11.0. The summed E-state index contributed by atoms with van der Waals surface area (Å²) in [5, 5.41) is 10.2. The van der Waals surface area contributed by atoms with Crippen LogP contribution in [0.2, 0.25) is 0 Å². The molecule has 0 aromatic carbocycles. The predicted octanol–water partition coefficient (Wildman–Crippen LogP) is 5.64. The van der Waals surface area contributed by atoms with Crippen LogP contribution in [0.3, 0.4) is 0 Å². The third-order valence-corrected chi connectivity index (χ3v) is 11.0. The predicted molar refractivity (Wildman–Crippen MR) is 128 cm³/mol. The van der Waals surface area contributed by atoms with Crippen molar-refractivity contribution in [3.05, 3.63) is 23.3 Å². The summed E-state index contributed by atoms with van der Waals surface area (Å²) in [7, 11) is 0. The van der Waals surface area contributed by atoms with Crippen LogP contribution in [0.1, 0.15) is 86.0 Å². The SMILES string of the molecule is CC(C)C1=CC(=O)O[C@@H]([C@@H](C)C2CCC3C4C(=O)C=C5C[C@@H](O)CC[C@]5(C)C4CC[C@@]32C)C1. The fraction of sp³-hybridized carbons (Fsp3) is 0.793. The van der Waals surface area contributed by atoms with Crippen molar-refractivity contribution in [2.45, 2.75) is 98.2 Å². The van der Waals surface area contributed by atoms with Crippen molar-refractivity contribution < 1.29 is 19.4 Å². The minimum Gasteiger partial charge on any atom is -0.459 e. The second kappa shape index (κ2) is 8.07. The van der Waals surface area contributed by atoms with E-state index < -0.39 is 0 Å². The minimum absolute atomic E-state index is 0.0518. The molecule has 4 heteroatoms. The molecule has 4 nitrogen and oxygen atoms in total. The van der Waals surface area contributed by atoms with Crippen LogP contribution in [-0.4, -0.2) is 29.1 Å². The molecule has 4 unspecified atom stereocenters. The molecule has 182 valence electrons. The van der Waals surface area contributed by atoms with E-state index in [1.807, 2.05) is 6.08 Å². The Morgan fingerprint density at radius 3 is 2.45 bits per heavy atom. The Hall–Kier alpha value is -1.42. The van der Waals surface area contributed by atoms with Crippen LogP contribution < -0.4 is 0 Å². The average molecular weight is 455 g/mol. The molecule has 4 aliphatic carbocycles. The molecule has 9 atom stereocenters. The second-order valence-corrected chi connectivity index (χ2v) is 12.8. The number of ether oxygens (including phenoxy) is 1. The van der Waals surface area contributed by atoms with Crippen molar-refractivity contribution in [3.8, 4) is 0 Å². The highest BCUT2D eigenvalue weighted by Crippen LogP contribution is 2.66. The molecular weight excluding hydrogens is 412 g/mol. The Labute approximate surface area is 199 Å². The van der Waals surface area contributed by atoms with Gasteiger partial charge in [-0.15, -0.1) is 0 Å². The smallest absolute Gasteiger partial charge is 0.331 e. The summed E-state index contributed by atoms with van der Waals surface area (Å²) in [6.45, 7) is 11.4. The monoisotopic (exact) mass is 454 g/mol. The lowest BCUT2D eigenvalue weighted by Gasteiger charge is -2.57. The molecule has 0 aromatic heterocycles. The Morgan fingerprint density at radius 1 is 0.970 bits per heavy atom. The molecule has 0 spiro atoms. The Morgan fingerprint density at radius 2 is 1.73 bits per heavy atom. The van der Waals surface area contributed by atoms with Gasteiger partial charge in [-0.2, -0.15) is 0 Å². The second-order valence-electron chi connectivity index (χ2n) is 12.8. The molecule has 1 heterocycles. The van der Waals surface area contributed by atoms with Gasteiger partial charge in [0.1, 0.15) is 6.10 Å². The summed E-state index contributed by atoms with van der Waals surface area (Å²) in [6, 6.07) is 0. The van der Waals surface area contributed by atoms with Crippen LogP contribution in [0, 0.1) is 46.3 Å². The van der Waals surface area contributed by atoms with Crippen LogP contribution in [0.25, 0.3) is 0 Å². The molecule has 0 aromatic rings. The topological polar surface area (TPSA) is 63.6 Å². The first-order valence-corrected chi connectivity index (χ1v) is 13.4. The van der Waals surface area contributed by atoms with Gasteiger partial charge >= 0.3 is 5.97 Å². The molecule has 3 fully saturated rings. The van der Waals surface area contributed by atoms with Gasteiger partial charge in [0, 0.05) is 18.4 Å². The largest absolute Gasteiger partial charge is 0.459 e. The number of aliphatic hydroxyl groups excluding tert-OH is 1. The Balaban J connectivity index is 1.40. The Bertz CT molecular complexity index is 899. The van der Waals surface area contributed by atoms with Crippen LogP contribution in [0.5, 0.6) is 0 Å². The normalized spacial score (nSPS) is 46.0. The van der Waals surface area contributed by atoms with E-state index in [0.29, 0.717) is 41.8 Å². The fourth-order valence-corrected chi connectivity index (χ4v) is 8.91. The molecule has 0 amide bonds. The average Bonchev–Trinajstić information content (AvgIpc) is 3.11. The molecule has 0 saturated heterocycles. The summed E-state index contributed by atoms with van der Waals surface area (Å²) in [4.78, 5) is 25.8. The van der Waals surface area contributed by atoms with E-state index in [-0.39, 0.29) is 34.9 Å². The van der Waals surface area contributed by atoms with Gasteiger partial charge in [0.05, 0.1) is 6.10 Å². The van der Waals surface area contributed by atoms with Gasteiger partial charge in [0.25, 0.3) is 0 Å². The number of esters is 1. The van der Waals surface area contributed by atoms with Crippen LogP contribution in [-0.2, 0) is 14.3 Å². The number of cyclic esters (lactones) is 1. The number of hydrogen-bond donors (Lipinski definition) is 1. The standard InChI is InChI=1S/C29H42O4/c1-16(2)18-12-25(33-26(32)13-18)17(3)21-6-7-22-27-23(9-11-29(21,22)5)28(4)10-8-20(30)14-19(28)15-24(27)31/h13,15-17,20-23,25,27,30H,6-12,14H2,1-5H3/t17-,20-,21?,22?,23?,25+,27?,28-,29+/m0/s1. The number of hydrogen-bond acceptors (Lipinski definition) is 4. The molecule has 0 radical (unpaired) electrons. The number of carbonyl (C=O) groups is 2. The summed E-state index contributed by atoms with van der Waals surface area (Å²) in [6.07, 6.45) is 11.1. The van der Waals surface area contributed by atoms with E-state index >= 15 is 0 Å². The molecule has 5 aliphatic rings. The highest BCUT2D eigenvalue weighted by atomic mass is 16.5. The molecule has 3 saturated carbocycles. The zero-order chi connectivity index (χ0) is 23.7. The van der Waals surface area contributed by atoms with Crippen molar-refractivity contribution in [2.75, 3.05) is 0 Å². The van der Waals surface area contributed by atoms with E-state index in [1.165, 1.54) is 11.1 Å². The first kappa shape index (κ1) is 23.3. The van der Waals surface area contributed by atoms with Gasteiger partial charge in [-0.25, -0.2) is 4.79 Å². The summed E-state index contributed by atoms with van der Waals surface area (Å²) in [5.74, 6) is 2.22. The van der Waals surface area contributed by atoms with Crippen molar-refractivity contribution in [2.24, 2.45) is 46.3 Å². The first-order chi connectivity index (χ1) is 15.5. The summed E-state index contributed by atoms with van der Waals surface area (Å²) < 4.78 is 5.87. The van der Waals surface area contributed by atoms with Crippen LogP contribution in [0.4, 0.5) is 0 Å². The summed E-state index contributed by atoms with van der Waals surface area (Å²) in [5.41, 5.74) is 2.61. The van der Waals surface area contributed by atoms with Gasteiger partial charge in [-0.1, -0.05) is 45.8 Å². The maximum absolute atomic E-state index is 13.5.